The lowest BCUT2D eigenvalue weighted by Gasteiger charge is -2.11. The smallest absolute Gasteiger partial charge is 0.252 e. The Morgan fingerprint density at radius 1 is 1.14 bits per heavy atom. The van der Waals surface area contributed by atoms with E-state index in [4.69, 9.17) is 9.47 Å². The van der Waals surface area contributed by atoms with Gasteiger partial charge in [-0.15, -0.1) is 0 Å². The number of methoxy groups -OCH3 is 2. The van der Waals surface area contributed by atoms with Crippen molar-refractivity contribution in [3.63, 3.8) is 0 Å². The van der Waals surface area contributed by atoms with Crippen LogP contribution < -0.4 is 14.8 Å². The summed E-state index contributed by atoms with van der Waals surface area (Å²) >= 11 is 3.23. The van der Waals surface area contributed by atoms with Gasteiger partial charge in [-0.3, -0.25) is 4.79 Å². The highest BCUT2D eigenvalue weighted by Gasteiger charge is 2.11. The summed E-state index contributed by atoms with van der Waals surface area (Å²) in [6.07, 6.45) is 0. The number of nitrogens with one attached hydrogen (secondary N) is 1. The third kappa shape index (κ3) is 3.76. The summed E-state index contributed by atoms with van der Waals surface area (Å²) in [4.78, 5) is 12.1. The molecule has 0 saturated carbocycles. The van der Waals surface area contributed by atoms with Crippen LogP contribution in [0.5, 0.6) is 11.5 Å². The second kappa shape index (κ2) is 7.26. The van der Waals surface area contributed by atoms with Crippen LogP contribution >= 0.6 is 15.9 Å². The molecule has 116 valence electrons. The first-order valence-electron chi connectivity index (χ1n) is 6.49. The summed E-state index contributed by atoms with van der Waals surface area (Å²) in [6, 6.07) is 9.34. The highest BCUT2D eigenvalue weighted by molar-refractivity contribution is 9.10. The quantitative estimate of drug-likeness (QED) is 0.879. The molecule has 0 saturated heterocycles. The number of halogens is 2. The van der Waals surface area contributed by atoms with Gasteiger partial charge in [-0.05, 0) is 51.8 Å². The molecule has 6 heteroatoms. The van der Waals surface area contributed by atoms with Crippen LogP contribution in [0.2, 0.25) is 0 Å². The number of rotatable bonds is 5. The minimum atomic E-state index is -0.459. The predicted octanol–water partition coefficient (Wildman–Crippen LogP) is 3.54. The van der Waals surface area contributed by atoms with Crippen LogP contribution in [-0.4, -0.2) is 20.1 Å². The summed E-state index contributed by atoms with van der Waals surface area (Å²) in [6.45, 7) is 0.294. The maximum atomic E-state index is 13.2. The van der Waals surface area contributed by atoms with E-state index in [0.717, 1.165) is 5.56 Å². The molecule has 0 aliphatic carbocycles. The van der Waals surface area contributed by atoms with Crippen LogP contribution in [0.25, 0.3) is 0 Å². The van der Waals surface area contributed by atoms with E-state index in [9.17, 15) is 9.18 Å². The number of amides is 1. The van der Waals surface area contributed by atoms with E-state index in [1.165, 1.54) is 18.2 Å². The second-order valence-electron chi connectivity index (χ2n) is 4.50. The van der Waals surface area contributed by atoms with Crippen LogP contribution in [0, 0.1) is 5.82 Å². The van der Waals surface area contributed by atoms with Crippen molar-refractivity contribution in [2.45, 2.75) is 6.54 Å². The standard InChI is InChI=1S/C16H15BrFNO3/c1-21-14-6-3-10(7-15(14)22-2)9-19-16(20)12-8-11(18)4-5-13(12)17/h3-8H,9H2,1-2H3,(H,19,20). The molecule has 2 rings (SSSR count). The fourth-order valence-corrected chi connectivity index (χ4v) is 2.37. The molecule has 2 aromatic carbocycles. The van der Waals surface area contributed by atoms with Gasteiger partial charge in [-0.2, -0.15) is 0 Å². The van der Waals surface area contributed by atoms with Gasteiger partial charge >= 0.3 is 0 Å². The molecule has 0 bridgehead atoms. The molecular weight excluding hydrogens is 353 g/mol. The molecular formula is C16H15BrFNO3. The van der Waals surface area contributed by atoms with Crippen molar-refractivity contribution in [1.82, 2.24) is 5.32 Å². The lowest BCUT2D eigenvalue weighted by molar-refractivity contribution is 0.0949. The van der Waals surface area contributed by atoms with E-state index >= 15 is 0 Å². The molecule has 0 heterocycles. The predicted molar refractivity (Wildman–Crippen MR) is 84.8 cm³/mol. The SMILES string of the molecule is COc1ccc(CNC(=O)c2cc(F)ccc2Br)cc1OC. The minimum Gasteiger partial charge on any atom is -0.493 e. The molecule has 2 aromatic rings. The lowest BCUT2D eigenvalue weighted by Crippen LogP contribution is -2.23. The second-order valence-corrected chi connectivity index (χ2v) is 5.35. The van der Waals surface area contributed by atoms with E-state index < -0.39 is 5.82 Å². The Balaban J connectivity index is 2.09. The molecule has 22 heavy (non-hydrogen) atoms. The Morgan fingerprint density at radius 3 is 2.55 bits per heavy atom. The maximum Gasteiger partial charge on any atom is 0.252 e. The van der Waals surface area contributed by atoms with Gasteiger partial charge in [0.25, 0.3) is 5.91 Å². The fraction of sp³-hybridized carbons (Fsp3) is 0.188. The number of ether oxygens (including phenoxy) is 2. The molecule has 0 unspecified atom stereocenters. The average Bonchev–Trinajstić information content (AvgIpc) is 2.54. The van der Waals surface area contributed by atoms with Gasteiger partial charge in [0, 0.05) is 11.0 Å². The zero-order chi connectivity index (χ0) is 16.1. The number of carbonyl (C=O) groups excluding carboxylic acids is 1. The van der Waals surface area contributed by atoms with Crippen LogP contribution in [0.4, 0.5) is 4.39 Å². The molecule has 0 aliphatic rings. The Bertz CT molecular complexity index is 691. The Kier molecular flexibility index (Phi) is 5.38. The first-order chi connectivity index (χ1) is 10.5. The topological polar surface area (TPSA) is 47.6 Å². The van der Waals surface area contributed by atoms with Crippen LogP contribution in [0.3, 0.4) is 0 Å². The maximum absolute atomic E-state index is 13.2. The third-order valence-electron chi connectivity index (χ3n) is 3.07. The number of hydrogen-bond acceptors (Lipinski definition) is 3. The van der Waals surface area contributed by atoms with Crippen molar-refractivity contribution >= 4 is 21.8 Å². The van der Waals surface area contributed by atoms with E-state index in [-0.39, 0.29) is 11.5 Å². The Labute approximate surface area is 136 Å². The number of carbonyl (C=O) groups is 1. The summed E-state index contributed by atoms with van der Waals surface area (Å²) in [5.41, 5.74) is 1.10. The van der Waals surface area contributed by atoms with E-state index in [1.54, 1.807) is 26.4 Å². The molecule has 0 atom stereocenters. The van der Waals surface area contributed by atoms with Gasteiger partial charge in [0.1, 0.15) is 5.82 Å². The number of benzene rings is 2. The van der Waals surface area contributed by atoms with Crippen LogP contribution in [-0.2, 0) is 6.54 Å². The van der Waals surface area contributed by atoms with Gasteiger partial charge in [0.15, 0.2) is 11.5 Å². The molecule has 4 nitrogen and oxygen atoms in total. The van der Waals surface area contributed by atoms with Crippen molar-refractivity contribution < 1.29 is 18.7 Å². The molecule has 0 radical (unpaired) electrons. The number of hydrogen-bond donors (Lipinski definition) is 1. The molecule has 0 aromatic heterocycles. The fourth-order valence-electron chi connectivity index (χ4n) is 1.94. The third-order valence-corrected chi connectivity index (χ3v) is 3.77. The summed E-state index contributed by atoms with van der Waals surface area (Å²) < 4.78 is 24.1. The van der Waals surface area contributed by atoms with Gasteiger partial charge in [0.2, 0.25) is 0 Å². The average molecular weight is 368 g/mol. The van der Waals surface area contributed by atoms with Crippen molar-refractivity contribution in [1.29, 1.82) is 0 Å². The highest BCUT2D eigenvalue weighted by atomic mass is 79.9. The van der Waals surface area contributed by atoms with Gasteiger partial charge in [0.05, 0.1) is 19.8 Å². The summed E-state index contributed by atoms with van der Waals surface area (Å²) in [5.74, 6) is 0.382. The van der Waals surface area contributed by atoms with Crippen molar-refractivity contribution in [2.24, 2.45) is 0 Å². The normalized spacial score (nSPS) is 10.2. The monoisotopic (exact) mass is 367 g/mol. The van der Waals surface area contributed by atoms with Gasteiger partial charge < -0.3 is 14.8 Å². The largest absolute Gasteiger partial charge is 0.493 e. The Morgan fingerprint density at radius 2 is 1.86 bits per heavy atom. The first kappa shape index (κ1) is 16.3. The van der Waals surface area contributed by atoms with E-state index in [0.29, 0.717) is 22.5 Å². The highest BCUT2D eigenvalue weighted by Crippen LogP contribution is 2.27. The summed E-state index contributed by atoms with van der Waals surface area (Å²) in [5, 5.41) is 2.74. The zero-order valence-corrected chi connectivity index (χ0v) is 13.7. The minimum absolute atomic E-state index is 0.250. The van der Waals surface area contributed by atoms with Gasteiger partial charge in [-0.25, -0.2) is 4.39 Å². The first-order valence-corrected chi connectivity index (χ1v) is 7.28. The van der Waals surface area contributed by atoms with Crippen LogP contribution in [0.1, 0.15) is 15.9 Å². The Hall–Kier alpha value is -2.08. The zero-order valence-electron chi connectivity index (χ0n) is 12.2. The van der Waals surface area contributed by atoms with Crippen molar-refractivity contribution in [2.75, 3.05) is 14.2 Å². The van der Waals surface area contributed by atoms with Crippen LogP contribution in [0.15, 0.2) is 40.9 Å². The molecule has 0 fully saturated rings. The van der Waals surface area contributed by atoms with E-state index in [1.807, 2.05) is 6.07 Å². The molecule has 1 amide bonds. The van der Waals surface area contributed by atoms with Crippen molar-refractivity contribution in [3.05, 3.63) is 57.8 Å². The molecule has 0 aliphatic heterocycles. The van der Waals surface area contributed by atoms with Gasteiger partial charge in [-0.1, -0.05) is 6.07 Å². The summed E-state index contributed by atoms with van der Waals surface area (Å²) in [7, 11) is 3.10. The molecule has 1 N–H and O–H groups in total. The lowest BCUT2D eigenvalue weighted by atomic mass is 10.1. The van der Waals surface area contributed by atoms with Crippen molar-refractivity contribution in [3.8, 4) is 11.5 Å². The molecule has 0 spiro atoms. The van der Waals surface area contributed by atoms with E-state index in [2.05, 4.69) is 21.2 Å².